The largest absolute Gasteiger partial charge is 0.397 e. The van der Waals surface area contributed by atoms with Gasteiger partial charge in [-0.2, -0.15) is 8.73 Å². The Hall–Kier alpha value is -4.91. The molecule has 300 valence electrons. The number of para-hydroxylation sites is 4. The smallest absolute Gasteiger partial charge is 0.296 e. The number of pyridine rings is 2. The van der Waals surface area contributed by atoms with Crippen LogP contribution < -0.4 is 20.9 Å². The van der Waals surface area contributed by atoms with Crippen LogP contribution in [-0.2, 0) is 28.9 Å². The summed E-state index contributed by atoms with van der Waals surface area (Å²) < 4.78 is 73.0. The van der Waals surface area contributed by atoms with E-state index in [1.165, 1.54) is 17.1 Å². The minimum absolute atomic E-state index is 0.0866. The number of benzene rings is 2. The number of nitrogens with one attached hydrogen (secondary N) is 1. The lowest BCUT2D eigenvalue weighted by atomic mass is 10.2. The highest BCUT2D eigenvalue weighted by Crippen LogP contribution is 2.33. The monoisotopic (exact) mass is 810 g/mol. The molecular formula is C38H48F2N10O4S2. The molecule has 5 aromatic rings. The molecular weight excluding hydrogens is 763 g/mol. The van der Waals surface area contributed by atoms with Crippen LogP contribution in [0.1, 0.15) is 26.1 Å². The van der Waals surface area contributed by atoms with Crippen molar-refractivity contribution in [1.29, 1.82) is 0 Å². The Morgan fingerprint density at radius 1 is 0.786 bits per heavy atom. The van der Waals surface area contributed by atoms with Crippen LogP contribution in [0.2, 0.25) is 0 Å². The molecule has 2 aliphatic rings. The Balaban J connectivity index is 0.000000192. The number of hydrogen-bond acceptors (Lipinski definition) is 13. The number of morpholine rings is 2. The van der Waals surface area contributed by atoms with Gasteiger partial charge in [-0.3, -0.25) is 4.57 Å². The van der Waals surface area contributed by atoms with Crippen molar-refractivity contribution in [1.82, 2.24) is 19.5 Å². The van der Waals surface area contributed by atoms with E-state index in [-0.39, 0.29) is 23.7 Å². The summed E-state index contributed by atoms with van der Waals surface area (Å²) in [6.45, 7) is 8.02. The topological polar surface area (TPSA) is 165 Å². The molecule has 0 bridgehead atoms. The van der Waals surface area contributed by atoms with Crippen molar-refractivity contribution in [3.8, 4) is 5.82 Å². The van der Waals surface area contributed by atoms with Crippen molar-refractivity contribution in [2.75, 3.05) is 85.4 Å². The van der Waals surface area contributed by atoms with Crippen molar-refractivity contribution >= 4 is 70.7 Å². The number of fused-ring (bicyclic) bond motifs is 1. The maximum atomic E-state index is 13.8. The van der Waals surface area contributed by atoms with E-state index in [1.807, 2.05) is 43.3 Å². The summed E-state index contributed by atoms with van der Waals surface area (Å²) in [6.07, 6.45) is 3.43. The van der Waals surface area contributed by atoms with E-state index in [1.54, 1.807) is 48.9 Å². The first-order chi connectivity index (χ1) is 26.5. The van der Waals surface area contributed by atoms with E-state index >= 15 is 0 Å². The van der Waals surface area contributed by atoms with Gasteiger partial charge < -0.3 is 30.3 Å². The van der Waals surface area contributed by atoms with Gasteiger partial charge in [0.05, 0.1) is 48.8 Å². The number of hydrogen-bond donors (Lipinski definition) is 2. The Bertz CT molecular complexity index is 2430. The Kier molecular flexibility index (Phi) is 12.4. The van der Waals surface area contributed by atoms with Crippen LogP contribution in [0, 0.1) is 0 Å². The number of halogens is 2. The molecule has 0 saturated carbocycles. The zero-order valence-electron chi connectivity index (χ0n) is 32.3. The van der Waals surface area contributed by atoms with Crippen LogP contribution in [0.25, 0.3) is 16.9 Å². The number of ether oxygens (including phenoxy) is 2. The van der Waals surface area contributed by atoms with Gasteiger partial charge in [-0.25, -0.2) is 32.2 Å². The second-order valence-corrected chi connectivity index (χ2v) is 19.3. The van der Waals surface area contributed by atoms with Gasteiger partial charge in [0.15, 0.2) is 17.5 Å². The lowest BCUT2D eigenvalue weighted by Gasteiger charge is -2.35. The predicted molar refractivity (Wildman–Crippen MR) is 222 cm³/mol. The number of nitrogens with two attached hydrogens (primary N) is 1. The summed E-state index contributed by atoms with van der Waals surface area (Å²) in [7, 11) is -4.82. The van der Waals surface area contributed by atoms with Crippen LogP contribution in [-0.4, -0.2) is 105 Å². The van der Waals surface area contributed by atoms with Gasteiger partial charge >= 0.3 is 0 Å². The summed E-state index contributed by atoms with van der Waals surface area (Å²) in [6, 6.07) is 22.0. The third kappa shape index (κ3) is 10.3. The SMILES string of the molecule is C[C@@H]1COCCN1c1cc(N=S(C)(C)=O)nc(-n2c(C(F)F)nc3ccccc32)c1.C[C@@H]1COCCN1c1cc(N=S(C)(C)=O)nc(Nc2ccccc2N)c1. The molecule has 5 heterocycles. The molecule has 2 aliphatic heterocycles. The van der Waals surface area contributed by atoms with Crippen LogP contribution >= 0.6 is 0 Å². The Labute approximate surface area is 326 Å². The lowest BCUT2D eigenvalue weighted by Crippen LogP contribution is -2.43. The first kappa shape index (κ1) is 40.7. The quantitative estimate of drug-likeness (QED) is 0.156. The predicted octanol–water partition coefficient (Wildman–Crippen LogP) is 6.93. The Morgan fingerprint density at radius 2 is 1.34 bits per heavy atom. The van der Waals surface area contributed by atoms with Crippen molar-refractivity contribution in [3.63, 3.8) is 0 Å². The first-order valence-corrected chi connectivity index (χ1v) is 22.7. The standard InChI is InChI=1S/C20H23F2N5O2S.C18H25N5O2S/c1-13-12-29-9-8-26(13)14-10-17(25-30(2,3)28)24-18(11-14)27-16-7-5-4-6-15(16)23-20(27)19(21)22;1-13-12-25-9-8-23(13)14-10-17(20-16-7-5-4-6-15(16)19)21-18(11-14)22-26(2,3)24/h4-7,10-11,13,19H,8-9,12H2,1-3H3;4-7,10-11,13H,8-9,12,19H2,1-3H3,(H,20,21)/t2*13-/m11/s1. The second-order valence-electron chi connectivity index (χ2n) is 14.2. The average Bonchev–Trinajstić information content (AvgIpc) is 3.52. The zero-order chi connectivity index (χ0) is 40.2. The zero-order valence-corrected chi connectivity index (χ0v) is 33.9. The van der Waals surface area contributed by atoms with Gasteiger partial charge in [0.25, 0.3) is 6.43 Å². The molecule has 3 N–H and O–H groups in total. The fraction of sp³-hybridized carbons (Fsp3) is 0.395. The molecule has 0 radical (unpaired) electrons. The van der Waals surface area contributed by atoms with E-state index in [2.05, 4.69) is 45.7 Å². The first-order valence-electron chi connectivity index (χ1n) is 18.0. The molecule has 7 rings (SSSR count). The normalized spacial score (nSPS) is 17.7. The van der Waals surface area contributed by atoms with Crippen LogP contribution in [0.3, 0.4) is 0 Å². The lowest BCUT2D eigenvalue weighted by molar-refractivity contribution is 0.0989. The Morgan fingerprint density at radius 3 is 1.91 bits per heavy atom. The number of alkyl halides is 2. The van der Waals surface area contributed by atoms with Gasteiger partial charge in [-0.05, 0) is 38.1 Å². The third-order valence-corrected chi connectivity index (χ3v) is 10.1. The molecule has 0 spiro atoms. The molecule has 3 aromatic heterocycles. The summed E-state index contributed by atoms with van der Waals surface area (Å²) in [4.78, 5) is 17.4. The van der Waals surface area contributed by atoms with Gasteiger partial charge in [0, 0.05) is 105 Å². The minimum atomic E-state index is -2.79. The molecule has 0 amide bonds. The van der Waals surface area contributed by atoms with E-state index < -0.39 is 31.7 Å². The molecule has 2 saturated heterocycles. The van der Waals surface area contributed by atoms with E-state index in [9.17, 15) is 17.2 Å². The van der Waals surface area contributed by atoms with E-state index in [0.29, 0.717) is 61.3 Å². The highest BCUT2D eigenvalue weighted by molar-refractivity contribution is 7.92. The number of anilines is 5. The number of nitrogen functional groups attached to an aromatic ring is 1. The van der Waals surface area contributed by atoms with E-state index in [0.717, 1.165) is 23.6 Å². The highest BCUT2D eigenvalue weighted by Gasteiger charge is 2.25. The summed E-state index contributed by atoms with van der Waals surface area (Å²) >= 11 is 0. The molecule has 0 aliphatic carbocycles. The van der Waals surface area contributed by atoms with Crippen molar-refractivity contribution in [2.24, 2.45) is 8.73 Å². The highest BCUT2D eigenvalue weighted by atomic mass is 32.2. The van der Waals surface area contributed by atoms with E-state index in [4.69, 9.17) is 15.2 Å². The maximum Gasteiger partial charge on any atom is 0.296 e. The number of aromatic nitrogens is 4. The van der Waals surface area contributed by atoms with Gasteiger partial charge in [-0.1, -0.05) is 24.3 Å². The van der Waals surface area contributed by atoms with Crippen molar-refractivity contribution in [2.45, 2.75) is 32.4 Å². The van der Waals surface area contributed by atoms with Gasteiger partial charge in [0.2, 0.25) is 0 Å². The molecule has 0 unspecified atom stereocenters. The molecule has 2 aromatic carbocycles. The number of nitrogens with zero attached hydrogens (tertiary/aromatic N) is 8. The fourth-order valence-electron chi connectivity index (χ4n) is 6.45. The summed E-state index contributed by atoms with van der Waals surface area (Å²) in [5.74, 6) is 1.15. The summed E-state index contributed by atoms with van der Waals surface area (Å²) in [5, 5.41) is 3.25. The van der Waals surface area contributed by atoms with Gasteiger partial charge in [-0.15, -0.1) is 0 Å². The third-order valence-electron chi connectivity index (χ3n) is 8.84. The fourth-order valence-corrected chi connectivity index (χ4v) is 7.53. The molecule has 2 atom stereocenters. The van der Waals surface area contributed by atoms with Crippen LogP contribution in [0.15, 0.2) is 81.5 Å². The maximum absolute atomic E-state index is 13.8. The summed E-state index contributed by atoms with van der Waals surface area (Å²) in [5.41, 5.74) is 10.1. The minimum Gasteiger partial charge on any atom is -0.397 e. The number of imidazole rings is 1. The molecule has 56 heavy (non-hydrogen) atoms. The average molecular weight is 811 g/mol. The van der Waals surface area contributed by atoms with Gasteiger partial charge in [0.1, 0.15) is 11.6 Å². The van der Waals surface area contributed by atoms with Crippen molar-refractivity contribution in [3.05, 3.63) is 78.6 Å². The second kappa shape index (κ2) is 17.1. The molecule has 2 fully saturated rings. The van der Waals surface area contributed by atoms with Crippen LogP contribution in [0.5, 0.6) is 0 Å². The molecule has 14 nitrogen and oxygen atoms in total. The number of rotatable bonds is 8. The van der Waals surface area contributed by atoms with Crippen molar-refractivity contribution < 1.29 is 26.7 Å². The molecule has 18 heteroatoms. The van der Waals surface area contributed by atoms with Crippen LogP contribution in [0.4, 0.5) is 49.0 Å².